The van der Waals surface area contributed by atoms with Crippen LogP contribution in [-0.2, 0) is 28.8 Å². The third-order valence-corrected chi connectivity index (χ3v) is 4.70. The number of ether oxygens (including phenoxy) is 1. The van der Waals surface area contributed by atoms with E-state index in [1.807, 2.05) is 4.40 Å². The van der Waals surface area contributed by atoms with Crippen LogP contribution in [-0.4, -0.2) is 28.2 Å². The first-order chi connectivity index (χ1) is 9.74. The molecular weight excluding hydrogens is 276 g/mol. The van der Waals surface area contributed by atoms with Crippen LogP contribution in [0.1, 0.15) is 46.5 Å². The fraction of sp³-hybridized carbons (Fsp3) is 0.500. The summed E-state index contributed by atoms with van der Waals surface area (Å²) in [5.74, 6) is -0.338. The van der Waals surface area contributed by atoms with E-state index in [4.69, 9.17) is 4.74 Å². The number of aryl methyl sites for hydroxylation is 2. The van der Waals surface area contributed by atoms with Gasteiger partial charge >= 0.3 is 5.97 Å². The standard InChI is InChI=1S/C14H16N2O3S/c1-2-19-13(18)7-9-11(8-17)16-10-5-3-4-6-12(10)20-14(16)15-9/h8H,2-7H2,1H3. The van der Waals surface area contributed by atoms with Crippen molar-refractivity contribution >= 4 is 28.6 Å². The average Bonchev–Trinajstić information content (AvgIpc) is 2.93. The molecule has 0 aliphatic heterocycles. The molecule has 0 spiro atoms. The van der Waals surface area contributed by atoms with Crippen LogP contribution in [0.2, 0.25) is 0 Å². The molecule has 0 radical (unpaired) electrons. The molecule has 1 aliphatic rings. The zero-order valence-electron chi connectivity index (χ0n) is 11.3. The monoisotopic (exact) mass is 292 g/mol. The van der Waals surface area contributed by atoms with Crippen LogP contribution in [0.3, 0.4) is 0 Å². The summed E-state index contributed by atoms with van der Waals surface area (Å²) in [7, 11) is 0. The van der Waals surface area contributed by atoms with E-state index in [-0.39, 0.29) is 12.4 Å². The SMILES string of the molecule is CCOC(=O)Cc1nc2sc3c(n2c1C=O)CCCC3. The van der Waals surface area contributed by atoms with Crippen molar-refractivity contribution in [2.45, 2.75) is 39.0 Å². The summed E-state index contributed by atoms with van der Waals surface area (Å²) in [6.45, 7) is 2.10. The minimum Gasteiger partial charge on any atom is -0.466 e. The normalized spacial score (nSPS) is 14.2. The van der Waals surface area contributed by atoms with Gasteiger partial charge in [-0.2, -0.15) is 0 Å². The summed E-state index contributed by atoms with van der Waals surface area (Å²) in [5.41, 5.74) is 2.23. The molecule has 6 heteroatoms. The van der Waals surface area contributed by atoms with E-state index in [0.717, 1.165) is 30.5 Å². The smallest absolute Gasteiger partial charge is 0.311 e. The number of imidazole rings is 1. The lowest BCUT2D eigenvalue weighted by atomic mass is 10.0. The summed E-state index contributed by atoms with van der Waals surface area (Å²) in [5, 5.41) is 0. The van der Waals surface area contributed by atoms with E-state index in [2.05, 4.69) is 4.98 Å². The zero-order valence-corrected chi connectivity index (χ0v) is 12.2. The lowest BCUT2D eigenvalue weighted by molar-refractivity contribution is -0.142. The summed E-state index contributed by atoms with van der Waals surface area (Å²) in [4.78, 5) is 29.6. The van der Waals surface area contributed by atoms with Gasteiger partial charge in [0.2, 0.25) is 0 Å². The van der Waals surface area contributed by atoms with Crippen molar-refractivity contribution in [3.63, 3.8) is 0 Å². The maximum atomic E-state index is 11.6. The number of carbonyl (C=O) groups is 2. The highest BCUT2D eigenvalue weighted by molar-refractivity contribution is 7.17. The quantitative estimate of drug-likeness (QED) is 0.640. The average molecular weight is 292 g/mol. The Morgan fingerprint density at radius 1 is 1.45 bits per heavy atom. The molecule has 2 aromatic heterocycles. The summed E-state index contributed by atoms with van der Waals surface area (Å²) < 4.78 is 6.86. The summed E-state index contributed by atoms with van der Waals surface area (Å²) >= 11 is 1.63. The number of aromatic nitrogens is 2. The summed E-state index contributed by atoms with van der Waals surface area (Å²) in [6.07, 6.45) is 5.24. The number of nitrogens with zero attached hydrogens (tertiary/aromatic N) is 2. The van der Waals surface area contributed by atoms with Gasteiger partial charge in [0, 0.05) is 10.6 Å². The Kier molecular flexibility index (Phi) is 3.56. The lowest BCUT2D eigenvalue weighted by Gasteiger charge is -2.10. The predicted molar refractivity (Wildman–Crippen MR) is 75.4 cm³/mol. The Balaban J connectivity index is 2.04. The van der Waals surface area contributed by atoms with Gasteiger partial charge in [-0.15, -0.1) is 11.3 Å². The van der Waals surface area contributed by atoms with Crippen molar-refractivity contribution in [3.05, 3.63) is 22.0 Å². The van der Waals surface area contributed by atoms with Gasteiger partial charge in [-0.3, -0.25) is 14.0 Å². The molecule has 20 heavy (non-hydrogen) atoms. The molecule has 0 amide bonds. The van der Waals surface area contributed by atoms with E-state index < -0.39 is 0 Å². The van der Waals surface area contributed by atoms with E-state index in [1.54, 1.807) is 18.3 Å². The fourth-order valence-electron chi connectivity index (χ4n) is 2.70. The number of rotatable bonds is 4. The maximum absolute atomic E-state index is 11.6. The topological polar surface area (TPSA) is 60.7 Å². The lowest BCUT2D eigenvalue weighted by Crippen LogP contribution is -2.10. The van der Waals surface area contributed by atoms with Gasteiger partial charge in [-0.05, 0) is 32.6 Å². The fourth-order valence-corrected chi connectivity index (χ4v) is 3.94. The van der Waals surface area contributed by atoms with Gasteiger partial charge in [-0.25, -0.2) is 4.98 Å². The highest BCUT2D eigenvalue weighted by Crippen LogP contribution is 2.31. The van der Waals surface area contributed by atoms with E-state index in [1.165, 1.54) is 17.0 Å². The van der Waals surface area contributed by atoms with Crippen LogP contribution >= 0.6 is 11.3 Å². The number of fused-ring (bicyclic) bond motifs is 3. The molecule has 0 N–H and O–H groups in total. The third kappa shape index (κ3) is 2.14. The molecule has 3 rings (SSSR count). The predicted octanol–water partition coefficient (Wildman–Crippen LogP) is 2.19. The molecule has 0 saturated carbocycles. The highest BCUT2D eigenvalue weighted by atomic mass is 32.1. The Morgan fingerprint density at radius 3 is 3.00 bits per heavy atom. The van der Waals surface area contributed by atoms with Crippen LogP contribution in [0.4, 0.5) is 0 Å². The second-order valence-electron chi connectivity index (χ2n) is 4.84. The van der Waals surface area contributed by atoms with Gasteiger partial charge in [0.15, 0.2) is 11.2 Å². The number of hydrogen-bond acceptors (Lipinski definition) is 5. The molecule has 1 aliphatic carbocycles. The Labute approximate surface area is 120 Å². The van der Waals surface area contributed by atoms with Crippen molar-refractivity contribution < 1.29 is 14.3 Å². The Bertz CT molecular complexity index is 672. The van der Waals surface area contributed by atoms with E-state index >= 15 is 0 Å². The first-order valence-electron chi connectivity index (χ1n) is 6.87. The maximum Gasteiger partial charge on any atom is 0.311 e. The van der Waals surface area contributed by atoms with Crippen LogP contribution < -0.4 is 0 Å². The van der Waals surface area contributed by atoms with Crippen LogP contribution in [0.15, 0.2) is 0 Å². The molecular formula is C14H16N2O3S. The summed E-state index contributed by atoms with van der Waals surface area (Å²) in [6, 6.07) is 0. The molecule has 0 aromatic carbocycles. The Morgan fingerprint density at radius 2 is 2.25 bits per heavy atom. The van der Waals surface area contributed by atoms with Gasteiger partial charge < -0.3 is 4.74 Å². The zero-order chi connectivity index (χ0) is 14.1. The van der Waals surface area contributed by atoms with Crippen molar-refractivity contribution in [3.8, 4) is 0 Å². The van der Waals surface area contributed by atoms with Crippen molar-refractivity contribution in [1.29, 1.82) is 0 Å². The Hall–Kier alpha value is -1.69. The first-order valence-corrected chi connectivity index (χ1v) is 7.69. The van der Waals surface area contributed by atoms with Gasteiger partial charge in [0.25, 0.3) is 0 Å². The van der Waals surface area contributed by atoms with E-state index in [0.29, 0.717) is 18.0 Å². The molecule has 5 nitrogen and oxygen atoms in total. The highest BCUT2D eigenvalue weighted by Gasteiger charge is 2.23. The van der Waals surface area contributed by atoms with Crippen LogP contribution in [0.5, 0.6) is 0 Å². The number of esters is 1. The second kappa shape index (κ2) is 5.36. The van der Waals surface area contributed by atoms with Crippen molar-refractivity contribution in [2.75, 3.05) is 6.61 Å². The van der Waals surface area contributed by atoms with Crippen LogP contribution in [0, 0.1) is 0 Å². The molecule has 0 saturated heterocycles. The van der Waals surface area contributed by atoms with Gasteiger partial charge in [0.05, 0.1) is 18.7 Å². The van der Waals surface area contributed by atoms with Gasteiger partial charge in [0.1, 0.15) is 5.69 Å². The third-order valence-electron chi connectivity index (χ3n) is 3.56. The number of carbonyl (C=O) groups excluding carboxylic acids is 2. The molecule has 0 bridgehead atoms. The molecule has 0 unspecified atom stereocenters. The molecule has 0 atom stereocenters. The molecule has 106 valence electrons. The molecule has 0 fully saturated rings. The van der Waals surface area contributed by atoms with Gasteiger partial charge in [-0.1, -0.05) is 0 Å². The van der Waals surface area contributed by atoms with Crippen molar-refractivity contribution in [1.82, 2.24) is 9.38 Å². The van der Waals surface area contributed by atoms with Crippen molar-refractivity contribution in [2.24, 2.45) is 0 Å². The number of aldehydes is 1. The molecule has 2 aromatic rings. The minimum absolute atomic E-state index is 0.0606. The van der Waals surface area contributed by atoms with Crippen LogP contribution in [0.25, 0.3) is 4.96 Å². The van der Waals surface area contributed by atoms with E-state index in [9.17, 15) is 9.59 Å². The second-order valence-corrected chi connectivity index (χ2v) is 5.90. The first kappa shape index (κ1) is 13.3. The largest absolute Gasteiger partial charge is 0.466 e. The number of thiazole rings is 1. The minimum atomic E-state index is -0.338. The molecule has 2 heterocycles. The number of hydrogen-bond donors (Lipinski definition) is 0.